The molecule has 4 nitrogen and oxygen atoms in total. The second-order valence-electron chi connectivity index (χ2n) is 4.89. The normalized spacial score (nSPS) is 10.3. The second kappa shape index (κ2) is 6.59. The summed E-state index contributed by atoms with van der Waals surface area (Å²) >= 11 is 6.07. The van der Waals surface area contributed by atoms with Crippen LogP contribution in [-0.2, 0) is 6.54 Å². The summed E-state index contributed by atoms with van der Waals surface area (Å²) in [6.07, 6.45) is 1.54. The Labute approximate surface area is 129 Å². The van der Waals surface area contributed by atoms with Gasteiger partial charge in [-0.3, -0.25) is 4.79 Å². The number of amides is 1. The highest BCUT2D eigenvalue weighted by Gasteiger charge is 2.15. The number of nitrogens with one attached hydrogen (secondary N) is 1. The van der Waals surface area contributed by atoms with Gasteiger partial charge in [0.05, 0.1) is 10.6 Å². The SMILES string of the molecule is CNc1ncc(C(=O)N(C)Cc2ccccc2C)cc1Cl. The van der Waals surface area contributed by atoms with Gasteiger partial charge in [-0.05, 0) is 24.1 Å². The zero-order chi connectivity index (χ0) is 15.4. The molecule has 5 heteroatoms. The summed E-state index contributed by atoms with van der Waals surface area (Å²) in [5.41, 5.74) is 2.77. The zero-order valence-electron chi connectivity index (χ0n) is 12.4. The highest BCUT2D eigenvalue weighted by atomic mass is 35.5. The van der Waals surface area contributed by atoms with Gasteiger partial charge in [0.25, 0.3) is 5.91 Å². The predicted octanol–water partition coefficient (Wildman–Crippen LogP) is 3.36. The van der Waals surface area contributed by atoms with Crippen molar-refractivity contribution in [2.24, 2.45) is 0 Å². The highest BCUT2D eigenvalue weighted by molar-refractivity contribution is 6.33. The first-order valence-electron chi connectivity index (χ1n) is 6.66. The first-order chi connectivity index (χ1) is 10.0. The lowest BCUT2D eigenvalue weighted by atomic mass is 10.1. The van der Waals surface area contributed by atoms with E-state index in [-0.39, 0.29) is 5.91 Å². The number of benzene rings is 1. The summed E-state index contributed by atoms with van der Waals surface area (Å²) < 4.78 is 0. The Hall–Kier alpha value is -2.07. The van der Waals surface area contributed by atoms with E-state index < -0.39 is 0 Å². The third-order valence-electron chi connectivity index (χ3n) is 3.34. The lowest BCUT2D eigenvalue weighted by Gasteiger charge is -2.18. The van der Waals surface area contributed by atoms with E-state index in [1.807, 2.05) is 31.2 Å². The third kappa shape index (κ3) is 3.52. The van der Waals surface area contributed by atoms with E-state index in [1.54, 1.807) is 25.1 Å². The fourth-order valence-electron chi connectivity index (χ4n) is 2.07. The van der Waals surface area contributed by atoms with Gasteiger partial charge in [-0.1, -0.05) is 35.9 Å². The summed E-state index contributed by atoms with van der Waals surface area (Å²) in [5.74, 6) is 0.463. The van der Waals surface area contributed by atoms with Crippen molar-refractivity contribution < 1.29 is 4.79 Å². The van der Waals surface area contributed by atoms with Crippen molar-refractivity contribution in [2.45, 2.75) is 13.5 Å². The number of hydrogen-bond donors (Lipinski definition) is 1. The van der Waals surface area contributed by atoms with Gasteiger partial charge in [0, 0.05) is 26.8 Å². The zero-order valence-corrected chi connectivity index (χ0v) is 13.1. The summed E-state index contributed by atoms with van der Waals surface area (Å²) in [6.45, 7) is 2.59. The van der Waals surface area contributed by atoms with Crippen molar-refractivity contribution in [2.75, 3.05) is 19.4 Å². The van der Waals surface area contributed by atoms with Gasteiger partial charge >= 0.3 is 0 Å². The van der Waals surface area contributed by atoms with E-state index in [0.717, 1.165) is 5.56 Å². The number of halogens is 1. The van der Waals surface area contributed by atoms with Crippen LogP contribution in [0.4, 0.5) is 5.82 Å². The maximum absolute atomic E-state index is 12.4. The predicted molar refractivity (Wildman–Crippen MR) is 85.8 cm³/mol. The molecule has 0 aliphatic carbocycles. The first-order valence-corrected chi connectivity index (χ1v) is 7.04. The summed E-state index contributed by atoms with van der Waals surface area (Å²) in [6, 6.07) is 9.65. The van der Waals surface area contributed by atoms with Crippen LogP contribution >= 0.6 is 11.6 Å². The van der Waals surface area contributed by atoms with Crippen molar-refractivity contribution in [1.29, 1.82) is 0 Å². The number of rotatable bonds is 4. The monoisotopic (exact) mass is 303 g/mol. The lowest BCUT2D eigenvalue weighted by Crippen LogP contribution is -2.26. The van der Waals surface area contributed by atoms with Crippen molar-refractivity contribution in [3.8, 4) is 0 Å². The van der Waals surface area contributed by atoms with E-state index in [9.17, 15) is 4.79 Å². The maximum atomic E-state index is 12.4. The quantitative estimate of drug-likeness (QED) is 0.942. The standard InChI is InChI=1S/C16H18ClN3O/c1-11-6-4-5-7-12(11)10-20(3)16(21)13-8-14(17)15(18-2)19-9-13/h4-9H,10H2,1-3H3,(H,18,19). The van der Waals surface area contributed by atoms with E-state index in [4.69, 9.17) is 11.6 Å². The van der Waals surface area contributed by atoms with E-state index in [2.05, 4.69) is 10.3 Å². The number of pyridine rings is 1. The Morgan fingerprint density at radius 1 is 1.38 bits per heavy atom. The highest BCUT2D eigenvalue weighted by Crippen LogP contribution is 2.20. The fraction of sp³-hybridized carbons (Fsp3) is 0.250. The molecule has 0 saturated heterocycles. The van der Waals surface area contributed by atoms with Crippen LogP contribution in [0.2, 0.25) is 5.02 Å². The molecule has 0 aliphatic heterocycles. The van der Waals surface area contributed by atoms with E-state index >= 15 is 0 Å². The lowest BCUT2D eigenvalue weighted by molar-refractivity contribution is 0.0784. The number of aryl methyl sites for hydroxylation is 1. The van der Waals surface area contributed by atoms with E-state index in [0.29, 0.717) is 22.9 Å². The molecule has 1 aromatic heterocycles. The van der Waals surface area contributed by atoms with Gasteiger partial charge in [0.1, 0.15) is 5.82 Å². The number of carbonyl (C=O) groups excluding carboxylic acids is 1. The van der Waals surface area contributed by atoms with Crippen LogP contribution in [-0.4, -0.2) is 29.9 Å². The molecule has 0 radical (unpaired) electrons. The van der Waals surface area contributed by atoms with Crippen LogP contribution in [0.15, 0.2) is 36.5 Å². The van der Waals surface area contributed by atoms with Gasteiger partial charge in [-0.2, -0.15) is 0 Å². The second-order valence-corrected chi connectivity index (χ2v) is 5.30. The molecule has 0 bridgehead atoms. The Morgan fingerprint density at radius 2 is 2.10 bits per heavy atom. The maximum Gasteiger partial charge on any atom is 0.255 e. The molecule has 1 N–H and O–H groups in total. The molecule has 0 unspecified atom stereocenters. The van der Waals surface area contributed by atoms with Gasteiger partial charge in [0.2, 0.25) is 0 Å². The minimum atomic E-state index is -0.102. The third-order valence-corrected chi connectivity index (χ3v) is 3.63. The number of hydrogen-bond acceptors (Lipinski definition) is 3. The Balaban J connectivity index is 2.16. The molecule has 2 rings (SSSR count). The van der Waals surface area contributed by atoms with Crippen molar-refractivity contribution in [1.82, 2.24) is 9.88 Å². The molecule has 1 amide bonds. The van der Waals surface area contributed by atoms with Gasteiger partial charge in [-0.15, -0.1) is 0 Å². The Kier molecular flexibility index (Phi) is 4.81. The summed E-state index contributed by atoms with van der Waals surface area (Å²) in [4.78, 5) is 18.2. The molecule has 0 atom stereocenters. The molecular weight excluding hydrogens is 286 g/mol. The largest absolute Gasteiger partial charge is 0.372 e. The molecule has 0 saturated carbocycles. The van der Waals surface area contributed by atoms with Crippen LogP contribution in [0.25, 0.3) is 0 Å². The van der Waals surface area contributed by atoms with E-state index in [1.165, 1.54) is 11.8 Å². The van der Waals surface area contributed by atoms with Crippen molar-refractivity contribution in [3.05, 3.63) is 58.2 Å². The molecule has 0 aliphatic rings. The van der Waals surface area contributed by atoms with Crippen LogP contribution in [0.3, 0.4) is 0 Å². The minimum Gasteiger partial charge on any atom is -0.372 e. The van der Waals surface area contributed by atoms with Crippen molar-refractivity contribution in [3.63, 3.8) is 0 Å². The summed E-state index contributed by atoms with van der Waals surface area (Å²) in [5, 5.41) is 3.31. The fourth-order valence-corrected chi connectivity index (χ4v) is 2.33. The summed E-state index contributed by atoms with van der Waals surface area (Å²) in [7, 11) is 3.51. The number of carbonyl (C=O) groups is 1. The smallest absolute Gasteiger partial charge is 0.255 e. The van der Waals surface area contributed by atoms with Crippen LogP contribution in [0, 0.1) is 6.92 Å². The Morgan fingerprint density at radius 3 is 2.71 bits per heavy atom. The number of anilines is 1. The molecule has 2 aromatic rings. The minimum absolute atomic E-state index is 0.102. The molecule has 110 valence electrons. The Bertz CT molecular complexity index is 658. The van der Waals surface area contributed by atoms with Gasteiger partial charge in [0.15, 0.2) is 0 Å². The average Bonchev–Trinajstić information content (AvgIpc) is 2.48. The topological polar surface area (TPSA) is 45.2 Å². The number of nitrogens with zero attached hydrogens (tertiary/aromatic N) is 2. The van der Waals surface area contributed by atoms with Gasteiger partial charge < -0.3 is 10.2 Å². The van der Waals surface area contributed by atoms with Gasteiger partial charge in [-0.25, -0.2) is 4.98 Å². The first kappa shape index (κ1) is 15.3. The van der Waals surface area contributed by atoms with Crippen LogP contribution in [0.5, 0.6) is 0 Å². The molecule has 0 fully saturated rings. The molecule has 0 spiro atoms. The average molecular weight is 304 g/mol. The molecular formula is C16H18ClN3O. The van der Waals surface area contributed by atoms with Crippen molar-refractivity contribution >= 4 is 23.3 Å². The van der Waals surface area contributed by atoms with Crippen LogP contribution in [0.1, 0.15) is 21.5 Å². The molecule has 1 heterocycles. The molecule has 1 aromatic carbocycles. The number of aromatic nitrogens is 1. The molecule has 21 heavy (non-hydrogen) atoms. The van der Waals surface area contributed by atoms with Crippen LogP contribution < -0.4 is 5.32 Å².